The quantitative estimate of drug-likeness (QED) is 0.308. The van der Waals surface area contributed by atoms with Gasteiger partial charge in [-0.25, -0.2) is 8.78 Å². The van der Waals surface area contributed by atoms with Gasteiger partial charge in [-0.3, -0.25) is 14.5 Å². The standard InChI is InChI=1S/C26H20ClF2NO4S/c1-2-33-23-12-16(10-11-22(23)34-15-17-6-3-4-8-20(17)28)13-24-25(31)30(26(32)35-24)14-18-19(27)7-5-9-21(18)29/h3-13H,2,14-15H2,1H3/b24-13-. The average Bonchev–Trinajstić information content (AvgIpc) is 3.09. The van der Waals surface area contributed by atoms with E-state index in [1.807, 2.05) is 6.92 Å². The summed E-state index contributed by atoms with van der Waals surface area (Å²) in [6, 6.07) is 15.5. The third kappa shape index (κ3) is 5.66. The maximum Gasteiger partial charge on any atom is 0.293 e. The first-order chi connectivity index (χ1) is 16.9. The van der Waals surface area contributed by atoms with Crippen LogP contribution in [0, 0.1) is 11.6 Å². The van der Waals surface area contributed by atoms with Gasteiger partial charge in [0.05, 0.1) is 18.1 Å². The van der Waals surface area contributed by atoms with Crippen LogP contribution < -0.4 is 9.47 Å². The third-order valence-electron chi connectivity index (χ3n) is 5.16. The number of rotatable bonds is 8. The molecule has 0 bridgehead atoms. The Hall–Kier alpha value is -3.36. The Bertz CT molecular complexity index is 1290. The van der Waals surface area contributed by atoms with E-state index in [1.165, 1.54) is 24.3 Å². The van der Waals surface area contributed by atoms with Crippen molar-refractivity contribution >= 4 is 40.6 Å². The summed E-state index contributed by atoms with van der Waals surface area (Å²) in [7, 11) is 0. The highest BCUT2D eigenvalue weighted by Crippen LogP contribution is 2.36. The number of hydrogen-bond donors (Lipinski definition) is 0. The molecule has 3 aromatic rings. The van der Waals surface area contributed by atoms with Gasteiger partial charge >= 0.3 is 0 Å². The average molecular weight is 516 g/mol. The van der Waals surface area contributed by atoms with Gasteiger partial charge in [0.25, 0.3) is 11.1 Å². The van der Waals surface area contributed by atoms with E-state index in [0.717, 1.165) is 16.7 Å². The molecule has 2 amide bonds. The summed E-state index contributed by atoms with van der Waals surface area (Å²) in [6.07, 6.45) is 1.55. The topological polar surface area (TPSA) is 55.8 Å². The molecule has 0 aromatic heterocycles. The lowest BCUT2D eigenvalue weighted by atomic mass is 10.1. The van der Waals surface area contributed by atoms with E-state index in [1.54, 1.807) is 42.5 Å². The van der Waals surface area contributed by atoms with E-state index in [0.29, 0.717) is 29.2 Å². The van der Waals surface area contributed by atoms with E-state index in [4.69, 9.17) is 21.1 Å². The van der Waals surface area contributed by atoms with Crippen LogP contribution in [0.3, 0.4) is 0 Å². The molecule has 1 fully saturated rings. The summed E-state index contributed by atoms with van der Waals surface area (Å²) >= 11 is 6.81. The molecular formula is C26H20ClF2NO4S. The number of halogens is 3. The van der Waals surface area contributed by atoms with Crippen LogP contribution in [0.25, 0.3) is 6.08 Å². The number of carbonyl (C=O) groups excluding carboxylic acids is 2. The molecule has 0 unspecified atom stereocenters. The van der Waals surface area contributed by atoms with Crippen LogP contribution in [-0.4, -0.2) is 22.7 Å². The van der Waals surface area contributed by atoms with Crippen LogP contribution in [0.2, 0.25) is 5.02 Å². The normalized spacial score (nSPS) is 14.6. The molecule has 0 N–H and O–H groups in total. The van der Waals surface area contributed by atoms with E-state index in [9.17, 15) is 18.4 Å². The van der Waals surface area contributed by atoms with Crippen molar-refractivity contribution in [2.24, 2.45) is 0 Å². The predicted molar refractivity (Wildman–Crippen MR) is 131 cm³/mol. The Balaban J connectivity index is 1.53. The number of hydrogen-bond acceptors (Lipinski definition) is 5. The van der Waals surface area contributed by atoms with Crippen molar-refractivity contribution in [2.45, 2.75) is 20.1 Å². The molecule has 1 saturated heterocycles. The number of amides is 2. The van der Waals surface area contributed by atoms with Crippen molar-refractivity contribution in [3.8, 4) is 11.5 Å². The number of nitrogens with zero attached hydrogens (tertiary/aromatic N) is 1. The van der Waals surface area contributed by atoms with Gasteiger partial charge < -0.3 is 9.47 Å². The van der Waals surface area contributed by atoms with Crippen molar-refractivity contribution in [3.05, 3.63) is 98.9 Å². The second-order valence-electron chi connectivity index (χ2n) is 7.49. The zero-order valence-electron chi connectivity index (χ0n) is 18.6. The van der Waals surface area contributed by atoms with Crippen molar-refractivity contribution in [2.75, 3.05) is 6.61 Å². The summed E-state index contributed by atoms with van der Waals surface area (Å²) in [5.74, 6) is -0.677. The molecule has 180 valence electrons. The molecule has 0 spiro atoms. The highest BCUT2D eigenvalue weighted by molar-refractivity contribution is 8.18. The van der Waals surface area contributed by atoms with Crippen molar-refractivity contribution < 1.29 is 27.8 Å². The first kappa shape index (κ1) is 24.8. The summed E-state index contributed by atoms with van der Waals surface area (Å²) in [4.78, 5) is 26.5. The molecule has 4 rings (SSSR count). The van der Waals surface area contributed by atoms with Crippen LogP contribution in [0.15, 0.2) is 65.6 Å². The van der Waals surface area contributed by atoms with E-state index >= 15 is 0 Å². The van der Waals surface area contributed by atoms with Crippen LogP contribution in [0.1, 0.15) is 23.6 Å². The molecule has 9 heteroatoms. The fourth-order valence-corrected chi connectivity index (χ4v) is 4.46. The van der Waals surface area contributed by atoms with Gasteiger partial charge in [0.2, 0.25) is 0 Å². The smallest absolute Gasteiger partial charge is 0.293 e. The summed E-state index contributed by atoms with van der Waals surface area (Å²) < 4.78 is 39.5. The predicted octanol–water partition coefficient (Wildman–Crippen LogP) is 6.83. The number of imide groups is 1. The molecule has 1 heterocycles. The van der Waals surface area contributed by atoms with Crippen molar-refractivity contribution in [3.63, 3.8) is 0 Å². The summed E-state index contributed by atoms with van der Waals surface area (Å²) in [5.41, 5.74) is 1.08. The van der Waals surface area contributed by atoms with Gasteiger partial charge in [0.15, 0.2) is 11.5 Å². The number of thioether (sulfide) groups is 1. The lowest BCUT2D eigenvalue weighted by Gasteiger charge is -2.14. The van der Waals surface area contributed by atoms with Gasteiger partial charge in [0.1, 0.15) is 18.2 Å². The van der Waals surface area contributed by atoms with Gasteiger partial charge in [-0.2, -0.15) is 0 Å². The van der Waals surface area contributed by atoms with Gasteiger partial charge in [0, 0.05) is 16.1 Å². The highest BCUT2D eigenvalue weighted by Gasteiger charge is 2.36. The molecule has 0 atom stereocenters. The van der Waals surface area contributed by atoms with E-state index in [2.05, 4.69) is 0 Å². The largest absolute Gasteiger partial charge is 0.490 e. The minimum absolute atomic E-state index is 0.0174. The highest BCUT2D eigenvalue weighted by atomic mass is 35.5. The SMILES string of the molecule is CCOc1cc(/C=C2\SC(=O)N(Cc3c(F)cccc3Cl)C2=O)ccc1OCc1ccccc1F. The van der Waals surface area contributed by atoms with Crippen LogP contribution in [0.4, 0.5) is 13.6 Å². The first-order valence-electron chi connectivity index (χ1n) is 10.7. The molecular weight excluding hydrogens is 496 g/mol. The molecule has 35 heavy (non-hydrogen) atoms. The lowest BCUT2D eigenvalue weighted by molar-refractivity contribution is -0.123. The molecule has 1 aliphatic rings. The Kier molecular flexibility index (Phi) is 7.73. The molecule has 0 radical (unpaired) electrons. The lowest BCUT2D eigenvalue weighted by Crippen LogP contribution is -2.28. The van der Waals surface area contributed by atoms with E-state index in [-0.39, 0.29) is 34.5 Å². The molecule has 0 saturated carbocycles. The molecule has 0 aliphatic carbocycles. The first-order valence-corrected chi connectivity index (χ1v) is 11.9. The number of carbonyl (C=O) groups is 2. The molecule has 5 nitrogen and oxygen atoms in total. The monoisotopic (exact) mass is 515 g/mol. The number of ether oxygens (including phenoxy) is 2. The molecule has 3 aromatic carbocycles. The summed E-state index contributed by atoms with van der Waals surface area (Å²) in [5, 5.41) is -0.379. The zero-order chi connectivity index (χ0) is 24.9. The molecule has 1 aliphatic heterocycles. The van der Waals surface area contributed by atoms with E-state index < -0.39 is 17.0 Å². The second kappa shape index (κ2) is 10.9. The summed E-state index contributed by atoms with van der Waals surface area (Å²) in [6.45, 7) is 1.93. The van der Waals surface area contributed by atoms with Gasteiger partial charge in [-0.15, -0.1) is 0 Å². The van der Waals surface area contributed by atoms with Gasteiger partial charge in [-0.1, -0.05) is 41.9 Å². The van der Waals surface area contributed by atoms with Crippen LogP contribution in [-0.2, 0) is 17.9 Å². The Morgan fingerprint density at radius 2 is 1.74 bits per heavy atom. The minimum atomic E-state index is -0.590. The van der Waals surface area contributed by atoms with Crippen molar-refractivity contribution in [1.82, 2.24) is 4.90 Å². The Morgan fingerprint density at radius 1 is 0.971 bits per heavy atom. The van der Waals surface area contributed by atoms with Crippen LogP contribution in [0.5, 0.6) is 11.5 Å². The maximum absolute atomic E-state index is 14.1. The minimum Gasteiger partial charge on any atom is -0.490 e. The second-order valence-corrected chi connectivity index (χ2v) is 8.89. The third-order valence-corrected chi connectivity index (χ3v) is 6.42. The fraction of sp³-hybridized carbons (Fsp3) is 0.154. The fourth-order valence-electron chi connectivity index (χ4n) is 3.40. The Labute approximate surface area is 210 Å². The zero-order valence-corrected chi connectivity index (χ0v) is 20.2. The number of benzene rings is 3. The van der Waals surface area contributed by atoms with Crippen LogP contribution >= 0.6 is 23.4 Å². The maximum atomic E-state index is 14.1. The Morgan fingerprint density at radius 3 is 2.49 bits per heavy atom. The van der Waals surface area contributed by atoms with Crippen molar-refractivity contribution in [1.29, 1.82) is 0 Å². The van der Waals surface area contributed by atoms with Gasteiger partial charge in [-0.05, 0) is 60.7 Å².